The van der Waals surface area contributed by atoms with Crippen LogP contribution in [0.25, 0.3) is 20.4 Å². The van der Waals surface area contributed by atoms with Crippen molar-refractivity contribution in [1.82, 2.24) is 9.97 Å². The summed E-state index contributed by atoms with van der Waals surface area (Å²) < 4.78 is 4.94. The summed E-state index contributed by atoms with van der Waals surface area (Å²) >= 11 is 3.37. The van der Waals surface area contributed by atoms with Crippen LogP contribution in [0, 0.1) is 0 Å². The van der Waals surface area contributed by atoms with E-state index in [0.717, 1.165) is 42.0 Å². The summed E-state index contributed by atoms with van der Waals surface area (Å²) in [5.74, 6) is -0.290. The van der Waals surface area contributed by atoms with E-state index in [1.807, 2.05) is 23.8 Å². The van der Waals surface area contributed by atoms with Crippen LogP contribution in [0.3, 0.4) is 0 Å². The second-order valence-corrected chi connectivity index (χ2v) is 8.29. The molecule has 0 aliphatic carbocycles. The molecule has 1 aliphatic heterocycles. The molecule has 0 saturated carbocycles. The van der Waals surface area contributed by atoms with Gasteiger partial charge in [-0.2, -0.15) is 0 Å². The number of hydrogen-bond acceptors (Lipinski definition) is 5. The van der Waals surface area contributed by atoms with Gasteiger partial charge in [0.1, 0.15) is 0 Å². The normalized spacial score (nSPS) is 12.3. The molecule has 4 aromatic heterocycles. The van der Waals surface area contributed by atoms with Gasteiger partial charge in [0.2, 0.25) is 5.91 Å². The van der Waals surface area contributed by atoms with Crippen LogP contribution in [0.1, 0.15) is 25.4 Å². The number of fused-ring (bicyclic) bond motifs is 2. The maximum absolute atomic E-state index is 10.6. The van der Waals surface area contributed by atoms with Gasteiger partial charge in [-0.25, -0.2) is 0 Å². The second-order valence-electron chi connectivity index (χ2n) is 6.46. The third-order valence-electron chi connectivity index (χ3n) is 4.38. The van der Waals surface area contributed by atoms with E-state index < -0.39 is 0 Å². The van der Waals surface area contributed by atoms with E-state index in [4.69, 9.17) is 16.2 Å². The Balaban J connectivity index is 0.000000443. The summed E-state index contributed by atoms with van der Waals surface area (Å²) in [7, 11) is 0. The van der Waals surface area contributed by atoms with Gasteiger partial charge in [-0.15, -0.1) is 22.7 Å². The number of hydrogen-bond donors (Lipinski definition) is 4. The molecule has 0 aromatic carbocycles. The number of primary amides is 1. The van der Waals surface area contributed by atoms with Crippen LogP contribution < -0.4 is 30.3 Å². The standard InChI is InChI=1S/C8H8N2OS.C8H10N2S.C4H8O.Al.Li.4H/c9-7(11)3-5-4-10-8-6(5)1-2-12-8;9-3-1-6-5-10-8-7(6)2-4-11-8;1-2-4-5-3-1;;;;;;/h1-2,4,10H,3H2,(H2,9,11);2,4-5,10H,1,3,9H2;1-4H2;;;;;;/q;;;;+1;;;;-1. The van der Waals surface area contributed by atoms with Crippen molar-refractivity contribution in [3.8, 4) is 0 Å². The molecule has 5 heterocycles. The minimum Gasteiger partial charge on any atom is -1.00 e. The molecular weight excluding hydrogens is 426 g/mol. The van der Waals surface area contributed by atoms with Crippen LogP contribution in [0.15, 0.2) is 35.3 Å². The number of aromatic amines is 2. The van der Waals surface area contributed by atoms with Crippen LogP contribution in [0.2, 0.25) is 0 Å². The average Bonchev–Trinajstić information content (AvgIpc) is 3.47. The van der Waals surface area contributed by atoms with Crippen LogP contribution in [0.5, 0.6) is 0 Å². The molecule has 10 heteroatoms. The predicted octanol–water partition coefficient (Wildman–Crippen LogP) is -0.283. The minimum atomic E-state index is -0.290. The topological polar surface area (TPSA) is 110 Å². The van der Waals surface area contributed by atoms with Crippen LogP contribution in [0.4, 0.5) is 0 Å². The first kappa shape index (κ1) is 27.0. The van der Waals surface area contributed by atoms with E-state index in [2.05, 4.69) is 21.4 Å². The van der Waals surface area contributed by atoms with E-state index in [1.54, 1.807) is 22.7 Å². The first-order valence-electron chi connectivity index (χ1n) is 9.32. The Kier molecular flexibility index (Phi) is 12.7. The molecule has 158 valence electrons. The third-order valence-corrected chi connectivity index (χ3v) is 6.07. The molecule has 0 atom stereocenters. The molecule has 0 unspecified atom stereocenters. The van der Waals surface area contributed by atoms with Crippen molar-refractivity contribution < 1.29 is 29.8 Å². The van der Waals surface area contributed by atoms with Crippen molar-refractivity contribution in [2.24, 2.45) is 11.5 Å². The average molecular weight is 457 g/mol. The molecule has 0 bridgehead atoms. The minimum absolute atomic E-state index is 0. The maximum Gasteiger partial charge on any atom is 1.00 e. The number of rotatable bonds is 4. The zero-order valence-electron chi connectivity index (χ0n) is 17.7. The van der Waals surface area contributed by atoms with Crippen molar-refractivity contribution in [3.63, 3.8) is 0 Å². The zero-order valence-corrected chi connectivity index (χ0v) is 18.3. The van der Waals surface area contributed by atoms with Crippen molar-refractivity contribution >= 4 is 66.4 Å². The van der Waals surface area contributed by atoms with Crippen LogP contribution in [-0.2, 0) is 22.4 Å². The molecule has 1 saturated heterocycles. The summed E-state index contributed by atoms with van der Waals surface area (Å²) in [5, 5.41) is 6.53. The molecule has 1 aliphatic rings. The Hall–Kier alpha value is -1.00. The Morgan fingerprint density at radius 3 is 2.03 bits per heavy atom. The van der Waals surface area contributed by atoms with Gasteiger partial charge in [0.25, 0.3) is 0 Å². The summed E-state index contributed by atoms with van der Waals surface area (Å²) in [6.45, 7) is 2.72. The molecule has 1 amide bonds. The number of carbonyl (C=O) groups excluding carboxylic acids is 1. The fourth-order valence-electron chi connectivity index (χ4n) is 3.02. The number of nitrogens with one attached hydrogen (secondary N) is 2. The first-order chi connectivity index (χ1) is 13.7. The number of nitrogens with two attached hydrogens (primary N) is 2. The number of aromatic nitrogens is 2. The van der Waals surface area contributed by atoms with Gasteiger partial charge in [-0.3, -0.25) is 4.79 Å². The molecule has 0 spiro atoms. The van der Waals surface area contributed by atoms with E-state index in [1.165, 1.54) is 28.6 Å². The van der Waals surface area contributed by atoms with E-state index >= 15 is 0 Å². The van der Waals surface area contributed by atoms with Gasteiger partial charge < -0.3 is 27.6 Å². The van der Waals surface area contributed by atoms with Crippen molar-refractivity contribution in [1.29, 1.82) is 0 Å². The Labute approximate surface area is 208 Å². The molecule has 6 N–H and O–H groups in total. The van der Waals surface area contributed by atoms with Gasteiger partial charge in [-0.05, 0) is 59.8 Å². The fourth-order valence-corrected chi connectivity index (χ4v) is 4.60. The molecule has 30 heavy (non-hydrogen) atoms. The zero-order chi connectivity index (χ0) is 19.8. The maximum atomic E-state index is 10.6. The van der Waals surface area contributed by atoms with E-state index in [0.29, 0.717) is 6.42 Å². The number of carbonyl (C=O) groups is 1. The van der Waals surface area contributed by atoms with Crippen LogP contribution in [-0.4, -0.2) is 53.0 Å². The van der Waals surface area contributed by atoms with E-state index in [9.17, 15) is 4.79 Å². The van der Waals surface area contributed by atoms with Gasteiger partial charge in [-0.1, -0.05) is 0 Å². The SMILES string of the molecule is C1CCOC1.NC(=O)Cc1c[nH]c2sccc12.NCCc1c[nH]c2sccc12.[AlH3].[H-].[Li+]. The Morgan fingerprint density at radius 2 is 1.57 bits per heavy atom. The number of H-pyrrole nitrogens is 2. The smallest absolute Gasteiger partial charge is 1.00 e. The largest absolute Gasteiger partial charge is 1.00 e. The number of thiophene rings is 2. The van der Waals surface area contributed by atoms with Crippen molar-refractivity contribution in [3.05, 3.63) is 46.4 Å². The molecule has 6 nitrogen and oxygen atoms in total. The molecule has 0 radical (unpaired) electrons. The summed E-state index contributed by atoms with van der Waals surface area (Å²) in [5.41, 5.74) is 12.9. The Bertz CT molecular complexity index is 1010. The second kappa shape index (κ2) is 14.1. The fraction of sp³-hybridized carbons (Fsp3) is 0.350. The predicted molar refractivity (Wildman–Crippen MR) is 129 cm³/mol. The van der Waals surface area contributed by atoms with E-state index in [-0.39, 0.29) is 43.6 Å². The number of ether oxygens (including phenoxy) is 1. The molecule has 1 fully saturated rings. The molecule has 5 rings (SSSR count). The summed E-state index contributed by atoms with van der Waals surface area (Å²) in [4.78, 5) is 19.3. The molecular formula is C20H30AlLiN4O2S2. The van der Waals surface area contributed by atoms with Crippen molar-refractivity contribution in [2.75, 3.05) is 19.8 Å². The monoisotopic (exact) mass is 456 g/mol. The summed E-state index contributed by atoms with van der Waals surface area (Å²) in [6.07, 6.45) is 7.73. The van der Waals surface area contributed by atoms with Gasteiger partial charge >= 0.3 is 18.9 Å². The van der Waals surface area contributed by atoms with Crippen LogP contribution >= 0.6 is 22.7 Å². The number of amides is 1. The van der Waals surface area contributed by atoms with Crippen molar-refractivity contribution in [2.45, 2.75) is 25.7 Å². The Morgan fingerprint density at radius 1 is 1.03 bits per heavy atom. The quantitative estimate of drug-likeness (QED) is 0.317. The third kappa shape index (κ3) is 7.60. The van der Waals surface area contributed by atoms with Gasteiger partial charge in [0.15, 0.2) is 17.4 Å². The van der Waals surface area contributed by atoms with Gasteiger partial charge in [0, 0.05) is 36.4 Å². The van der Waals surface area contributed by atoms with Gasteiger partial charge in [0.05, 0.1) is 16.1 Å². The molecule has 4 aromatic rings. The first-order valence-corrected chi connectivity index (χ1v) is 11.1. The summed E-state index contributed by atoms with van der Waals surface area (Å²) in [6, 6.07) is 4.14.